The van der Waals surface area contributed by atoms with Crippen molar-refractivity contribution in [3.05, 3.63) is 57.5 Å². The highest BCUT2D eigenvalue weighted by Crippen LogP contribution is 2.30. The summed E-state index contributed by atoms with van der Waals surface area (Å²) in [5.74, 6) is -0.613. The highest BCUT2D eigenvalue weighted by atomic mass is 35.5. The molecular weight excluding hydrogens is 516 g/mol. The van der Waals surface area contributed by atoms with Crippen LogP contribution >= 0.6 is 11.6 Å². The molecule has 1 aliphatic heterocycles. The summed E-state index contributed by atoms with van der Waals surface area (Å²) in [6.45, 7) is 2.38. The second-order valence-electron chi connectivity index (χ2n) is 9.44. The number of ether oxygens (including phenoxy) is 1. The van der Waals surface area contributed by atoms with Gasteiger partial charge in [-0.3, -0.25) is 13.9 Å². The van der Waals surface area contributed by atoms with Crippen LogP contribution in [0.15, 0.2) is 41.2 Å². The number of imidazole rings is 1. The first kappa shape index (κ1) is 26.2. The molecule has 36 heavy (non-hydrogen) atoms. The molecule has 0 unspecified atom stereocenters. The van der Waals surface area contributed by atoms with Crippen molar-refractivity contribution in [3.63, 3.8) is 0 Å². The van der Waals surface area contributed by atoms with Gasteiger partial charge in [0.25, 0.3) is 5.91 Å². The number of aromatic nitrogens is 2. The molecule has 0 atom stereocenters. The maximum atomic E-state index is 13.4. The van der Waals surface area contributed by atoms with Gasteiger partial charge < -0.3 is 10.1 Å². The fourth-order valence-corrected chi connectivity index (χ4v) is 6.38. The number of fused-ring (bicyclic) bond motifs is 1. The van der Waals surface area contributed by atoms with E-state index in [2.05, 4.69) is 10.1 Å². The first-order chi connectivity index (χ1) is 16.8. The fraction of sp³-hybridized carbons (Fsp3) is 0.417. The number of amides is 1. The van der Waals surface area contributed by atoms with Gasteiger partial charge in [-0.15, -0.1) is 0 Å². The molecule has 194 valence electrons. The molecular formula is C24H26ClF2N3O5S. The minimum absolute atomic E-state index is 0.0133. The minimum Gasteiger partial charge on any atom is -0.435 e. The highest BCUT2D eigenvalue weighted by Gasteiger charge is 2.35. The van der Waals surface area contributed by atoms with Crippen molar-refractivity contribution in [3.8, 4) is 11.4 Å². The molecule has 1 N–H and O–H groups in total. The Labute approximate surface area is 211 Å². The van der Waals surface area contributed by atoms with Gasteiger partial charge in [-0.2, -0.15) is 8.78 Å². The molecule has 1 aliphatic rings. The summed E-state index contributed by atoms with van der Waals surface area (Å²) in [7, 11) is -3.11. The third-order valence-electron chi connectivity index (χ3n) is 6.37. The highest BCUT2D eigenvalue weighted by molar-refractivity contribution is 7.91. The first-order valence-corrected chi connectivity index (χ1v) is 13.5. The average molecular weight is 542 g/mol. The average Bonchev–Trinajstić information content (AvgIpc) is 3.06. The Balaban J connectivity index is 1.79. The molecule has 3 aromatic rings. The van der Waals surface area contributed by atoms with E-state index in [9.17, 15) is 26.8 Å². The van der Waals surface area contributed by atoms with Crippen LogP contribution in [-0.2, 0) is 9.84 Å². The molecule has 0 aliphatic carbocycles. The number of nitrogens with zero attached hydrogens (tertiary/aromatic N) is 2. The van der Waals surface area contributed by atoms with Gasteiger partial charge in [-0.25, -0.2) is 13.2 Å². The number of nitrogens with one attached hydrogen (secondary N) is 1. The Morgan fingerprint density at radius 2 is 1.81 bits per heavy atom. The van der Waals surface area contributed by atoms with Gasteiger partial charge in [0.05, 0.1) is 38.8 Å². The zero-order valence-electron chi connectivity index (χ0n) is 19.9. The number of carbonyl (C=O) groups is 1. The number of rotatable bonds is 6. The number of carbonyl (C=O) groups excluding carboxylic acids is 1. The third-order valence-corrected chi connectivity index (χ3v) is 8.33. The maximum absolute atomic E-state index is 13.4. The molecule has 8 nitrogen and oxygen atoms in total. The molecule has 2 heterocycles. The van der Waals surface area contributed by atoms with Crippen molar-refractivity contribution < 1.29 is 26.7 Å². The van der Waals surface area contributed by atoms with E-state index in [-0.39, 0.29) is 46.7 Å². The molecule has 0 spiro atoms. The Bertz CT molecular complexity index is 1480. The number of hydrogen-bond donors (Lipinski definition) is 1. The van der Waals surface area contributed by atoms with Crippen molar-refractivity contribution in [1.29, 1.82) is 0 Å². The Morgan fingerprint density at radius 3 is 2.42 bits per heavy atom. The number of halogens is 3. The molecule has 4 rings (SSSR count). The van der Waals surface area contributed by atoms with Gasteiger partial charge in [-0.05, 0) is 57.9 Å². The zero-order chi connectivity index (χ0) is 26.4. The van der Waals surface area contributed by atoms with Crippen molar-refractivity contribution in [1.82, 2.24) is 14.5 Å². The number of sulfone groups is 1. The van der Waals surface area contributed by atoms with Crippen LogP contribution in [0.3, 0.4) is 0 Å². The van der Waals surface area contributed by atoms with Gasteiger partial charge in [-0.1, -0.05) is 17.7 Å². The van der Waals surface area contributed by atoms with Crippen LogP contribution in [0.4, 0.5) is 8.78 Å². The Hall–Kier alpha value is -2.92. The van der Waals surface area contributed by atoms with E-state index in [1.165, 1.54) is 39.5 Å². The molecule has 1 aromatic heterocycles. The lowest BCUT2D eigenvalue weighted by molar-refractivity contribution is -0.0498. The molecule has 0 saturated carbocycles. The summed E-state index contributed by atoms with van der Waals surface area (Å²) in [6, 6.07) is 8.47. The summed E-state index contributed by atoms with van der Waals surface area (Å²) in [4.78, 5) is 26.6. The zero-order valence-corrected chi connectivity index (χ0v) is 21.5. The van der Waals surface area contributed by atoms with E-state index < -0.39 is 33.6 Å². The van der Waals surface area contributed by atoms with Crippen LogP contribution in [-0.4, -0.2) is 47.1 Å². The second-order valence-corrected chi connectivity index (χ2v) is 12.2. The quantitative estimate of drug-likeness (QED) is 0.501. The molecule has 2 aromatic carbocycles. The Morgan fingerprint density at radius 1 is 1.14 bits per heavy atom. The van der Waals surface area contributed by atoms with Crippen LogP contribution in [0.1, 0.15) is 50.0 Å². The SMILES string of the molecule is CC(C)n1c(=O)n(-c2cccc(OC(F)F)c2)c2cc(Cl)c(C(=O)NC3(C)CCS(=O)(=O)CC3)cc21. The van der Waals surface area contributed by atoms with E-state index in [0.717, 1.165) is 0 Å². The third kappa shape index (κ3) is 5.12. The first-order valence-electron chi connectivity index (χ1n) is 11.3. The van der Waals surface area contributed by atoms with E-state index in [4.69, 9.17) is 11.6 Å². The predicted octanol–water partition coefficient (Wildman–Crippen LogP) is 4.33. The van der Waals surface area contributed by atoms with Crippen LogP contribution in [0.5, 0.6) is 5.75 Å². The molecule has 1 saturated heterocycles. The van der Waals surface area contributed by atoms with E-state index in [1.807, 2.05) is 0 Å². The van der Waals surface area contributed by atoms with Gasteiger partial charge in [0.2, 0.25) is 0 Å². The van der Waals surface area contributed by atoms with Crippen LogP contribution < -0.4 is 15.7 Å². The second kappa shape index (κ2) is 9.51. The van der Waals surface area contributed by atoms with Gasteiger partial charge in [0, 0.05) is 17.6 Å². The lowest BCUT2D eigenvalue weighted by atomic mass is 9.94. The number of alkyl halides is 2. The lowest BCUT2D eigenvalue weighted by Gasteiger charge is -2.34. The van der Waals surface area contributed by atoms with Gasteiger partial charge in [0.15, 0.2) is 0 Å². The minimum atomic E-state index is -3.11. The smallest absolute Gasteiger partial charge is 0.387 e. The van der Waals surface area contributed by atoms with Gasteiger partial charge >= 0.3 is 12.3 Å². The summed E-state index contributed by atoms with van der Waals surface area (Å²) in [5.41, 5.74) is 0.106. The molecule has 1 amide bonds. The molecule has 0 bridgehead atoms. The van der Waals surface area contributed by atoms with Crippen LogP contribution in [0, 0.1) is 0 Å². The number of hydrogen-bond acceptors (Lipinski definition) is 5. The van der Waals surface area contributed by atoms with Crippen molar-refractivity contribution in [2.45, 2.75) is 51.8 Å². The van der Waals surface area contributed by atoms with Crippen molar-refractivity contribution in [2.24, 2.45) is 0 Å². The maximum Gasteiger partial charge on any atom is 0.387 e. The largest absolute Gasteiger partial charge is 0.435 e. The molecule has 0 radical (unpaired) electrons. The summed E-state index contributed by atoms with van der Waals surface area (Å²) in [5, 5.41) is 3.00. The fourth-order valence-electron chi connectivity index (χ4n) is 4.41. The van der Waals surface area contributed by atoms with Crippen molar-refractivity contribution in [2.75, 3.05) is 11.5 Å². The lowest BCUT2D eigenvalue weighted by Crippen LogP contribution is -2.51. The predicted molar refractivity (Wildman–Crippen MR) is 133 cm³/mol. The standard InChI is InChI=1S/C24H26ClF2N3O5S/c1-14(2)29-19-12-17(21(31)28-24(3)7-9-36(33,34)10-8-24)18(25)13-20(19)30(23(29)32)15-5-4-6-16(11-15)35-22(26)27/h4-6,11-14,22H,7-10H2,1-3H3,(H,28,31). The topological polar surface area (TPSA) is 99.4 Å². The molecule has 12 heteroatoms. The monoisotopic (exact) mass is 541 g/mol. The van der Waals surface area contributed by atoms with E-state index >= 15 is 0 Å². The van der Waals surface area contributed by atoms with Crippen LogP contribution in [0.25, 0.3) is 16.7 Å². The van der Waals surface area contributed by atoms with E-state index in [1.54, 1.807) is 26.8 Å². The Kier molecular flexibility index (Phi) is 6.91. The molecule has 1 fully saturated rings. The summed E-state index contributed by atoms with van der Waals surface area (Å²) < 4.78 is 56.4. The van der Waals surface area contributed by atoms with Crippen LogP contribution in [0.2, 0.25) is 5.02 Å². The summed E-state index contributed by atoms with van der Waals surface area (Å²) in [6.07, 6.45) is 0.566. The normalized spacial score (nSPS) is 17.0. The van der Waals surface area contributed by atoms with Crippen molar-refractivity contribution >= 4 is 38.4 Å². The summed E-state index contributed by atoms with van der Waals surface area (Å²) >= 11 is 6.50. The van der Waals surface area contributed by atoms with Gasteiger partial charge in [0.1, 0.15) is 15.6 Å². The number of benzene rings is 2. The van der Waals surface area contributed by atoms with E-state index in [0.29, 0.717) is 16.7 Å².